The molecule has 5 nitrogen and oxygen atoms in total. The van der Waals surface area contributed by atoms with E-state index >= 15 is 0 Å². The predicted octanol–water partition coefficient (Wildman–Crippen LogP) is 1.36. The van der Waals surface area contributed by atoms with Gasteiger partial charge >= 0.3 is 0 Å². The molecule has 1 fully saturated rings. The Morgan fingerprint density at radius 2 is 2.30 bits per heavy atom. The van der Waals surface area contributed by atoms with Gasteiger partial charge in [-0.25, -0.2) is 4.98 Å². The van der Waals surface area contributed by atoms with Gasteiger partial charge in [0.1, 0.15) is 5.82 Å². The molecule has 2 heterocycles. The van der Waals surface area contributed by atoms with E-state index in [0.717, 1.165) is 36.4 Å². The Labute approximate surface area is 118 Å². The molecule has 1 saturated heterocycles. The largest absolute Gasteiger partial charge is 0.346 e. The second-order valence-corrected chi connectivity index (χ2v) is 5.44. The summed E-state index contributed by atoms with van der Waals surface area (Å²) in [5.41, 5.74) is 2.06. The van der Waals surface area contributed by atoms with E-state index in [-0.39, 0.29) is 17.9 Å². The first-order valence-electron chi connectivity index (χ1n) is 7.09. The molecule has 0 radical (unpaired) electrons. The van der Waals surface area contributed by atoms with Gasteiger partial charge in [-0.2, -0.15) is 0 Å². The lowest BCUT2D eigenvalue weighted by molar-refractivity contribution is -0.125. The van der Waals surface area contributed by atoms with Crippen molar-refractivity contribution >= 4 is 16.9 Å². The van der Waals surface area contributed by atoms with E-state index in [0.29, 0.717) is 0 Å². The van der Waals surface area contributed by atoms with E-state index in [9.17, 15) is 4.79 Å². The minimum absolute atomic E-state index is 0.0829. The Hall–Kier alpha value is -1.88. The van der Waals surface area contributed by atoms with Crippen molar-refractivity contribution in [2.24, 2.45) is 13.0 Å². The maximum absolute atomic E-state index is 12.2. The molecule has 1 aromatic carbocycles. The first-order chi connectivity index (χ1) is 9.66. The van der Waals surface area contributed by atoms with Gasteiger partial charge in [0.15, 0.2) is 0 Å². The smallest absolute Gasteiger partial charge is 0.225 e. The number of aromatic nitrogens is 2. The molecule has 1 amide bonds. The van der Waals surface area contributed by atoms with Gasteiger partial charge in [-0.05, 0) is 32.0 Å². The van der Waals surface area contributed by atoms with Crippen molar-refractivity contribution in [2.75, 3.05) is 13.1 Å². The summed E-state index contributed by atoms with van der Waals surface area (Å²) in [7, 11) is 1.99. The van der Waals surface area contributed by atoms with E-state index in [1.165, 1.54) is 0 Å². The van der Waals surface area contributed by atoms with Gasteiger partial charge in [-0.3, -0.25) is 4.79 Å². The van der Waals surface area contributed by atoms with Crippen molar-refractivity contribution < 1.29 is 4.79 Å². The summed E-state index contributed by atoms with van der Waals surface area (Å²) in [5.74, 6) is 1.10. The standard InChI is InChI=1S/C15H20N4O/c1-10(17-15(20)11-7-8-16-9-11)14-18-12-5-3-4-6-13(12)19(14)2/h3-6,10-11,16H,7-9H2,1-2H3,(H,17,20). The van der Waals surface area contributed by atoms with E-state index < -0.39 is 0 Å². The molecule has 2 aromatic rings. The lowest BCUT2D eigenvalue weighted by Gasteiger charge is -2.16. The fourth-order valence-corrected chi connectivity index (χ4v) is 2.83. The van der Waals surface area contributed by atoms with Crippen LogP contribution < -0.4 is 10.6 Å². The first kappa shape index (κ1) is 13.1. The number of nitrogens with zero attached hydrogens (tertiary/aromatic N) is 2. The van der Waals surface area contributed by atoms with Crippen LogP contribution in [0.5, 0.6) is 0 Å². The summed E-state index contributed by atoms with van der Waals surface area (Å²) in [6.07, 6.45) is 0.918. The van der Waals surface area contributed by atoms with E-state index in [2.05, 4.69) is 15.6 Å². The molecule has 106 valence electrons. The maximum Gasteiger partial charge on any atom is 0.225 e. The van der Waals surface area contributed by atoms with Gasteiger partial charge in [0.25, 0.3) is 0 Å². The molecule has 3 rings (SSSR count). The quantitative estimate of drug-likeness (QED) is 0.887. The van der Waals surface area contributed by atoms with Crippen molar-refractivity contribution in [1.29, 1.82) is 0 Å². The highest BCUT2D eigenvalue weighted by Gasteiger charge is 2.25. The van der Waals surface area contributed by atoms with Crippen LogP contribution in [0.25, 0.3) is 11.0 Å². The third-order valence-electron chi connectivity index (χ3n) is 4.00. The molecular formula is C15H20N4O. The SMILES string of the molecule is CC(NC(=O)C1CCNC1)c1nc2ccccc2n1C. The Bertz CT molecular complexity index is 628. The number of amides is 1. The van der Waals surface area contributed by atoms with Crippen LogP contribution >= 0.6 is 0 Å². The predicted molar refractivity (Wildman–Crippen MR) is 78.2 cm³/mol. The van der Waals surface area contributed by atoms with Crippen LogP contribution in [0, 0.1) is 5.92 Å². The lowest BCUT2D eigenvalue weighted by atomic mass is 10.1. The second kappa shape index (κ2) is 5.25. The van der Waals surface area contributed by atoms with Gasteiger partial charge in [-0.15, -0.1) is 0 Å². The van der Waals surface area contributed by atoms with Crippen molar-refractivity contribution in [3.05, 3.63) is 30.1 Å². The molecule has 0 saturated carbocycles. The number of hydrogen-bond acceptors (Lipinski definition) is 3. The zero-order chi connectivity index (χ0) is 14.1. The first-order valence-corrected chi connectivity index (χ1v) is 7.09. The molecule has 2 atom stereocenters. The Kier molecular flexibility index (Phi) is 3.44. The van der Waals surface area contributed by atoms with Crippen molar-refractivity contribution in [3.63, 3.8) is 0 Å². The van der Waals surface area contributed by atoms with Crippen LogP contribution in [0.15, 0.2) is 24.3 Å². The summed E-state index contributed by atoms with van der Waals surface area (Å²) in [5, 5.41) is 6.30. The number of imidazole rings is 1. The van der Waals surface area contributed by atoms with E-state index in [1.54, 1.807) is 0 Å². The molecule has 0 bridgehead atoms. The van der Waals surface area contributed by atoms with Gasteiger partial charge in [0, 0.05) is 13.6 Å². The molecular weight excluding hydrogens is 252 g/mol. The highest BCUT2D eigenvalue weighted by atomic mass is 16.2. The Morgan fingerprint density at radius 3 is 3.00 bits per heavy atom. The molecule has 20 heavy (non-hydrogen) atoms. The van der Waals surface area contributed by atoms with E-state index in [1.807, 2.05) is 42.8 Å². The summed E-state index contributed by atoms with van der Waals surface area (Å²) in [6, 6.07) is 7.93. The van der Waals surface area contributed by atoms with Crippen molar-refractivity contribution in [1.82, 2.24) is 20.2 Å². The minimum atomic E-state index is -0.0829. The number of benzene rings is 1. The average molecular weight is 272 g/mol. The van der Waals surface area contributed by atoms with Crippen LogP contribution in [0.3, 0.4) is 0 Å². The molecule has 1 aliphatic rings. The van der Waals surface area contributed by atoms with Crippen LogP contribution in [0.2, 0.25) is 0 Å². The monoisotopic (exact) mass is 272 g/mol. The van der Waals surface area contributed by atoms with Crippen LogP contribution in [0.4, 0.5) is 0 Å². The van der Waals surface area contributed by atoms with Gasteiger partial charge < -0.3 is 15.2 Å². The number of hydrogen-bond donors (Lipinski definition) is 2. The number of carbonyl (C=O) groups excluding carboxylic acids is 1. The third kappa shape index (κ3) is 2.29. The molecule has 1 aliphatic heterocycles. The fourth-order valence-electron chi connectivity index (χ4n) is 2.83. The number of para-hydroxylation sites is 2. The molecule has 1 aromatic heterocycles. The molecule has 2 unspecified atom stereocenters. The fraction of sp³-hybridized carbons (Fsp3) is 0.467. The Morgan fingerprint density at radius 1 is 1.50 bits per heavy atom. The van der Waals surface area contributed by atoms with Crippen LogP contribution in [0.1, 0.15) is 25.2 Å². The zero-order valence-electron chi connectivity index (χ0n) is 11.9. The summed E-state index contributed by atoms with van der Waals surface area (Å²) in [6.45, 7) is 3.70. The van der Waals surface area contributed by atoms with Crippen molar-refractivity contribution in [3.8, 4) is 0 Å². The molecule has 0 spiro atoms. The molecule has 2 N–H and O–H groups in total. The maximum atomic E-state index is 12.2. The normalized spacial score (nSPS) is 20.2. The average Bonchev–Trinajstić information content (AvgIpc) is 3.07. The second-order valence-electron chi connectivity index (χ2n) is 5.44. The van der Waals surface area contributed by atoms with Gasteiger partial charge in [0.05, 0.1) is 23.0 Å². The topological polar surface area (TPSA) is 59.0 Å². The van der Waals surface area contributed by atoms with Crippen LogP contribution in [-0.2, 0) is 11.8 Å². The van der Waals surface area contributed by atoms with E-state index in [4.69, 9.17) is 0 Å². The Balaban J connectivity index is 1.79. The lowest BCUT2D eigenvalue weighted by Crippen LogP contribution is -2.34. The third-order valence-corrected chi connectivity index (χ3v) is 4.00. The van der Waals surface area contributed by atoms with Crippen molar-refractivity contribution in [2.45, 2.75) is 19.4 Å². The molecule has 5 heteroatoms. The van der Waals surface area contributed by atoms with Gasteiger partial charge in [-0.1, -0.05) is 12.1 Å². The number of rotatable bonds is 3. The minimum Gasteiger partial charge on any atom is -0.346 e. The summed E-state index contributed by atoms with van der Waals surface area (Å²) >= 11 is 0. The highest BCUT2D eigenvalue weighted by molar-refractivity contribution is 5.80. The summed E-state index contributed by atoms with van der Waals surface area (Å²) < 4.78 is 2.05. The number of aryl methyl sites for hydroxylation is 1. The number of carbonyl (C=O) groups is 1. The van der Waals surface area contributed by atoms with Crippen LogP contribution in [-0.4, -0.2) is 28.5 Å². The highest BCUT2D eigenvalue weighted by Crippen LogP contribution is 2.20. The summed E-state index contributed by atoms with van der Waals surface area (Å²) in [4.78, 5) is 16.8. The number of fused-ring (bicyclic) bond motifs is 1. The van der Waals surface area contributed by atoms with Gasteiger partial charge in [0.2, 0.25) is 5.91 Å². The molecule has 0 aliphatic carbocycles. The number of nitrogens with one attached hydrogen (secondary N) is 2. The zero-order valence-corrected chi connectivity index (χ0v) is 11.9.